The van der Waals surface area contributed by atoms with E-state index in [0.717, 1.165) is 23.5 Å². The summed E-state index contributed by atoms with van der Waals surface area (Å²) in [6, 6.07) is 5.88. The Labute approximate surface area is 96.5 Å². The summed E-state index contributed by atoms with van der Waals surface area (Å²) >= 11 is 0. The van der Waals surface area contributed by atoms with E-state index in [4.69, 9.17) is 15.2 Å². The van der Waals surface area contributed by atoms with E-state index < -0.39 is 0 Å². The summed E-state index contributed by atoms with van der Waals surface area (Å²) in [6.07, 6.45) is 0.829. The first-order valence-corrected chi connectivity index (χ1v) is 5.73. The molecular formula is C13H19NO2. The predicted octanol–water partition coefficient (Wildman–Crippen LogP) is 2.65. The van der Waals surface area contributed by atoms with Crippen LogP contribution in [0.25, 0.3) is 0 Å². The number of ether oxygens (including phenoxy) is 2. The molecule has 1 aliphatic heterocycles. The second-order valence-electron chi connectivity index (χ2n) is 4.81. The van der Waals surface area contributed by atoms with Gasteiger partial charge in [0.05, 0.1) is 6.61 Å². The van der Waals surface area contributed by atoms with Crippen LogP contribution in [0.1, 0.15) is 38.8 Å². The maximum Gasteiger partial charge on any atom is 0.125 e. The van der Waals surface area contributed by atoms with Crippen LogP contribution in [0.4, 0.5) is 0 Å². The molecule has 0 spiro atoms. The van der Waals surface area contributed by atoms with Crippen molar-refractivity contribution in [1.29, 1.82) is 0 Å². The van der Waals surface area contributed by atoms with E-state index in [1.165, 1.54) is 0 Å². The van der Waals surface area contributed by atoms with Gasteiger partial charge in [-0.05, 0) is 39.0 Å². The molecular weight excluding hydrogens is 202 g/mol. The molecule has 88 valence electrons. The minimum Gasteiger partial charge on any atom is -0.494 e. The van der Waals surface area contributed by atoms with Gasteiger partial charge >= 0.3 is 0 Å². The third-order valence-corrected chi connectivity index (χ3v) is 2.79. The topological polar surface area (TPSA) is 44.5 Å². The fourth-order valence-electron chi connectivity index (χ4n) is 2.14. The molecule has 16 heavy (non-hydrogen) atoms. The molecule has 1 aromatic rings. The molecule has 1 heterocycles. The minimum atomic E-state index is -0.181. The standard InChI is InChI=1S/C13H19NO2/c1-4-15-9-5-6-12-10(7-9)11(14)8-13(2,3)16-12/h5-7,11H,4,8,14H2,1-3H3. The third kappa shape index (κ3) is 2.14. The normalized spacial score (nSPS) is 22.1. The van der Waals surface area contributed by atoms with Crippen LogP contribution in [-0.2, 0) is 0 Å². The van der Waals surface area contributed by atoms with Crippen LogP contribution in [0.2, 0.25) is 0 Å². The minimum absolute atomic E-state index is 0.0270. The van der Waals surface area contributed by atoms with Crippen molar-refractivity contribution < 1.29 is 9.47 Å². The van der Waals surface area contributed by atoms with Gasteiger partial charge in [-0.15, -0.1) is 0 Å². The molecule has 1 unspecified atom stereocenters. The van der Waals surface area contributed by atoms with Gasteiger partial charge in [0, 0.05) is 18.0 Å². The highest BCUT2D eigenvalue weighted by Crippen LogP contribution is 2.39. The smallest absolute Gasteiger partial charge is 0.125 e. The molecule has 0 fully saturated rings. The Bertz CT molecular complexity index is 388. The number of rotatable bonds is 2. The van der Waals surface area contributed by atoms with Crippen molar-refractivity contribution in [1.82, 2.24) is 0 Å². The van der Waals surface area contributed by atoms with Crippen molar-refractivity contribution in [3.05, 3.63) is 23.8 Å². The lowest BCUT2D eigenvalue weighted by Gasteiger charge is -2.36. The predicted molar refractivity (Wildman–Crippen MR) is 63.9 cm³/mol. The molecule has 0 saturated carbocycles. The van der Waals surface area contributed by atoms with Gasteiger partial charge in [0.1, 0.15) is 17.1 Å². The van der Waals surface area contributed by atoms with Gasteiger partial charge in [-0.25, -0.2) is 0 Å². The zero-order valence-electron chi connectivity index (χ0n) is 10.1. The Balaban J connectivity index is 2.33. The number of fused-ring (bicyclic) bond motifs is 1. The van der Waals surface area contributed by atoms with Crippen LogP contribution in [0.15, 0.2) is 18.2 Å². The first-order chi connectivity index (χ1) is 7.52. The van der Waals surface area contributed by atoms with Crippen molar-refractivity contribution in [3.63, 3.8) is 0 Å². The quantitative estimate of drug-likeness (QED) is 0.835. The number of hydrogen-bond acceptors (Lipinski definition) is 3. The zero-order chi connectivity index (χ0) is 11.8. The Hall–Kier alpha value is -1.22. The molecule has 0 saturated heterocycles. The summed E-state index contributed by atoms with van der Waals surface area (Å²) in [5, 5.41) is 0. The summed E-state index contributed by atoms with van der Waals surface area (Å²) in [4.78, 5) is 0. The second kappa shape index (κ2) is 3.98. The number of benzene rings is 1. The monoisotopic (exact) mass is 221 g/mol. The first kappa shape index (κ1) is 11.3. The van der Waals surface area contributed by atoms with Crippen LogP contribution < -0.4 is 15.2 Å². The van der Waals surface area contributed by atoms with Gasteiger partial charge in [0.15, 0.2) is 0 Å². The van der Waals surface area contributed by atoms with Gasteiger partial charge in [-0.1, -0.05) is 0 Å². The molecule has 2 rings (SSSR count). The first-order valence-electron chi connectivity index (χ1n) is 5.73. The SMILES string of the molecule is CCOc1ccc2c(c1)C(N)CC(C)(C)O2. The van der Waals surface area contributed by atoms with Gasteiger partial charge in [-0.2, -0.15) is 0 Å². The Morgan fingerprint density at radius 1 is 1.50 bits per heavy atom. The van der Waals surface area contributed by atoms with Crippen LogP contribution in [0, 0.1) is 0 Å². The number of nitrogens with two attached hydrogens (primary N) is 1. The summed E-state index contributed by atoms with van der Waals surface area (Å²) in [7, 11) is 0. The van der Waals surface area contributed by atoms with Crippen LogP contribution in [0.3, 0.4) is 0 Å². The molecule has 0 radical (unpaired) electrons. The lowest BCUT2D eigenvalue weighted by atomic mass is 9.90. The van der Waals surface area contributed by atoms with E-state index in [1.807, 2.05) is 25.1 Å². The van der Waals surface area contributed by atoms with Gasteiger partial charge in [0.25, 0.3) is 0 Å². The summed E-state index contributed by atoms with van der Waals surface area (Å²) < 4.78 is 11.3. The lowest BCUT2D eigenvalue weighted by Crippen LogP contribution is -2.37. The Kier molecular flexibility index (Phi) is 2.80. The van der Waals surface area contributed by atoms with E-state index >= 15 is 0 Å². The highest BCUT2D eigenvalue weighted by molar-refractivity contribution is 5.44. The molecule has 3 heteroatoms. The number of hydrogen-bond donors (Lipinski definition) is 1. The van der Waals surface area contributed by atoms with Gasteiger partial charge in [-0.3, -0.25) is 0 Å². The van der Waals surface area contributed by atoms with E-state index in [0.29, 0.717) is 6.61 Å². The summed E-state index contributed by atoms with van der Waals surface area (Å²) in [5.41, 5.74) is 7.02. The Morgan fingerprint density at radius 3 is 2.94 bits per heavy atom. The van der Waals surface area contributed by atoms with E-state index in [2.05, 4.69) is 13.8 Å². The zero-order valence-corrected chi connectivity index (χ0v) is 10.1. The molecule has 2 N–H and O–H groups in total. The van der Waals surface area contributed by atoms with Crippen LogP contribution in [-0.4, -0.2) is 12.2 Å². The van der Waals surface area contributed by atoms with Crippen LogP contribution in [0.5, 0.6) is 11.5 Å². The Morgan fingerprint density at radius 2 is 2.25 bits per heavy atom. The van der Waals surface area contributed by atoms with E-state index in [9.17, 15) is 0 Å². The third-order valence-electron chi connectivity index (χ3n) is 2.79. The summed E-state index contributed by atoms with van der Waals surface area (Å²) in [6.45, 7) is 6.76. The van der Waals surface area contributed by atoms with Crippen molar-refractivity contribution in [2.45, 2.75) is 38.8 Å². The molecule has 1 atom stereocenters. The average molecular weight is 221 g/mol. The van der Waals surface area contributed by atoms with Crippen LogP contribution >= 0.6 is 0 Å². The summed E-state index contributed by atoms with van der Waals surface area (Å²) in [5.74, 6) is 1.74. The molecule has 3 nitrogen and oxygen atoms in total. The molecule has 0 bridgehead atoms. The molecule has 1 aromatic carbocycles. The fraction of sp³-hybridized carbons (Fsp3) is 0.538. The largest absolute Gasteiger partial charge is 0.494 e. The highest BCUT2D eigenvalue weighted by Gasteiger charge is 2.31. The van der Waals surface area contributed by atoms with Gasteiger partial charge in [0.2, 0.25) is 0 Å². The van der Waals surface area contributed by atoms with Crippen molar-refractivity contribution in [3.8, 4) is 11.5 Å². The molecule has 0 amide bonds. The molecule has 1 aliphatic rings. The fourth-order valence-corrected chi connectivity index (χ4v) is 2.14. The van der Waals surface area contributed by atoms with Crippen molar-refractivity contribution in [2.24, 2.45) is 5.73 Å². The molecule has 0 aromatic heterocycles. The van der Waals surface area contributed by atoms with Crippen molar-refractivity contribution >= 4 is 0 Å². The molecule has 0 aliphatic carbocycles. The maximum atomic E-state index is 6.15. The highest BCUT2D eigenvalue weighted by atomic mass is 16.5. The van der Waals surface area contributed by atoms with E-state index in [-0.39, 0.29) is 11.6 Å². The lowest BCUT2D eigenvalue weighted by molar-refractivity contribution is 0.0726. The average Bonchev–Trinajstić information content (AvgIpc) is 2.18. The maximum absolute atomic E-state index is 6.15. The van der Waals surface area contributed by atoms with E-state index in [1.54, 1.807) is 0 Å². The van der Waals surface area contributed by atoms with Crippen molar-refractivity contribution in [2.75, 3.05) is 6.61 Å². The van der Waals surface area contributed by atoms with Gasteiger partial charge < -0.3 is 15.2 Å². The second-order valence-corrected chi connectivity index (χ2v) is 4.81.